The van der Waals surface area contributed by atoms with Gasteiger partial charge in [-0.15, -0.1) is 0 Å². The maximum absolute atomic E-state index is 11.6. The number of nitrogens with two attached hydrogens (primary N) is 1. The van der Waals surface area contributed by atoms with Gasteiger partial charge in [-0.2, -0.15) is 0 Å². The van der Waals surface area contributed by atoms with Gasteiger partial charge < -0.3 is 15.2 Å². The average Bonchev–Trinajstić information content (AvgIpc) is 2.38. The summed E-state index contributed by atoms with van der Waals surface area (Å²) in [6.45, 7) is 0. The second-order valence-electron chi connectivity index (χ2n) is 4.22. The van der Waals surface area contributed by atoms with Gasteiger partial charge in [0.25, 0.3) is 0 Å². The van der Waals surface area contributed by atoms with Crippen molar-refractivity contribution in [3.8, 4) is 5.75 Å². The fourth-order valence-electron chi connectivity index (χ4n) is 2.47. The smallest absolute Gasteiger partial charge is 0.310 e. The topological polar surface area (TPSA) is 61.5 Å². The predicted molar refractivity (Wildman–Crippen MR) is 63.7 cm³/mol. The van der Waals surface area contributed by atoms with E-state index in [1.807, 2.05) is 18.2 Å². The highest BCUT2D eigenvalue weighted by Gasteiger charge is 2.33. The van der Waals surface area contributed by atoms with Crippen molar-refractivity contribution >= 4 is 5.97 Å². The van der Waals surface area contributed by atoms with Crippen LogP contribution in [0.1, 0.15) is 23.6 Å². The molecule has 1 aliphatic carbocycles. The zero-order chi connectivity index (χ0) is 12.4. The van der Waals surface area contributed by atoms with Crippen molar-refractivity contribution in [1.82, 2.24) is 0 Å². The number of fused-ring (bicyclic) bond motifs is 1. The van der Waals surface area contributed by atoms with Crippen LogP contribution in [0.25, 0.3) is 0 Å². The van der Waals surface area contributed by atoms with Gasteiger partial charge in [-0.25, -0.2) is 0 Å². The fraction of sp³-hybridized carbons (Fsp3) is 0.462. The third-order valence-corrected chi connectivity index (χ3v) is 3.39. The van der Waals surface area contributed by atoms with E-state index in [9.17, 15) is 4.79 Å². The van der Waals surface area contributed by atoms with E-state index in [1.165, 1.54) is 7.11 Å². The molecule has 92 valence electrons. The summed E-state index contributed by atoms with van der Waals surface area (Å²) in [6, 6.07) is 5.47. The lowest BCUT2D eigenvalue weighted by Gasteiger charge is -2.30. The molecule has 2 rings (SSSR count). The highest BCUT2D eigenvalue weighted by molar-refractivity contribution is 5.74. The van der Waals surface area contributed by atoms with Crippen molar-refractivity contribution in [2.24, 2.45) is 11.7 Å². The maximum atomic E-state index is 11.6. The molecule has 0 bridgehead atoms. The molecule has 0 spiro atoms. The Bertz CT molecular complexity index is 431. The van der Waals surface area contributed by atoms with Crippen molar-refractivity contribution in [3.05, 3.63) is 29.3 Å². The van der Waals surface area contributed by atoms with Crippen molar-refractivity contribution < 1.29 is 14.3 Å². The number of ether oxygens (including phenoxy) is 2. The number of benzene rings is 1. The highest BCUT2D eigenvalue weighted by atomic mass is 16.5. The normalized spacial score (nSPS) is 22.8. The first-order valence-electron chi connectivity index (χ1n) is 5.68. The van der Waals surface area contributed by atoms with Crippen molar-refractivity contribution in [2.45, 2.75) is 18.9 Å². The number of rotatable bonds is 2. The summed E-state index contributed by atoms with van der Waals surface area (Å²) >= 11 is 0. The molecule has 1 aromatic rings. The van der Waals surface area contributed by atoms with Crippen LogP contribution in [0.5, 0.6) is 5.75 Å². The van der Waals surface area contributed by atoms with Gasteiger partial charge in [0.2, 0.25) is 0 Å². The van der Waals surface area contributed by atoms with Gasteiger partial charge >= 0.3 is 5.97 Å². The molecule has 0 radical (unpaired) electrons. The van der Waals surface area contributed by atoms with Crippen LogP contribution in [0, 0.1) is 5.92 Å². The molecule has 0 fully saturated rings. The molecule has 0 heterocycles. The molecule has 0 saturated carbocycles. The molecule has 17 heavy (non-hydrogen) atoms. The second-order valence-corrected chi connectivity index (χ2v) is 4.22. The molecule has 2 unspecified atom stereocenters. The third-order valence-electron chi connectivity index (χ3n) is 3.39. The molecule has 1 aliphatic rings. The summed E-state index contributed by atoms with van der Waals surface area (Å²) < 4.78 is 10.1. The number of hydrogen-bond donors (Lipinski definition) is 1. The minimum Gasteiger partial charge on any atom is -0.496 e. The van der Waals surface area contributed by atoms with Crippen LogP contribution in [0.4, 0.5) is 0 Å². The fourth-order valence-corrected chi connectivity index (χ4v) is 2.47. The van der Waals surface area contributed by atoms with Gasteiger partial charge in [0.1, 0.15) is 5.75 Å². The van der Waals surface area contributed by atoms with Crippen molar-refractivity contribution in [1.29, 1.82) is 0 Å². The summed E-state index contributed by atoms with van der Waals surface area (Å²) in [5, 5.41) is 0. The van der Waals surface area contributed by atoms with Gasteiger partial charge in [-0.1, -0.05) is 12.1 Å². The summed E-state index contributed by atoms with van der Waals surface area (Å²) in [4.78, 5) is 11.6. The predicted octanol–water partition coefficient (Wildman–Crippen LogP) is 1.43. The van der Waals surface area contributed by atoms with Crippen LogP contribution in [-0.2, 0) is 16.0 Å². The van der Waals surface area contributed by atoms with Crippen LogP contribution in [0.3, 0.4) is 0 Å². The van der Waals surface area contributed by atoms with Gasteiger partial charge in [-0.05, 0) is 30.0 Å². The molecule has 4 heteroatoms. The van der Waals surface area contributed by atoms with Crippen LogP contribution in [-0.4, -0.2) is 20.2 Å². The van der Waals surface area contributed by atoms with Crippen LogP contribution >= 0.6 is 0 Å². The van der Waals surface area contributed by atoms with Gasteiger partial charge in [0.15, 0.2) is 0 Å². The lowest BCUT2D eigenvalue weighted by atomic mass is 9.80. The van der Waals surface area contributed by atoms with Gasteiger partial charge in [-0.3, -0.25) is 4.79 Å². The Morgan fingerprint density at radius 2 is 2.18 bits per heavy atom. The number of carbonyl (C=O) groups is 1. The number of methoxy groups -OCH3 is 2. The Balaban J connectivity index is 2.36. The molecule has 2 N–H and O–H groups in total. The number of hydrogen-bond acceptors (Lipinski definition) is 4. The molecule has 0 aromatic heterocycles. The largest absolute Gasteiger partial charge is 0.496 e. The lowest BCUT2D eigenvalue weighted by molar-refractivity contribution is -0.146. The zero-order valence-electron chi connectivity index (χ0n) is 10.1. The second kappa shape index (κ2) is 4.75. The quantitative estimate of drug-likeness (QED) is 0.788. The van der Waals surface area contributed by atoms with Crippen LogP contribution < -0.4 is 10.5 Å². The van der Waals surface area contributed by atoms with Crippen LogP contribution in [0.15, 0.2) is 18.2 Å². The molecule has 4 nitrogen and oxygen atoms in total. The first-order valence-corrected chi connectivity index (χ1v) is 5.68. The van der Waals surface area contributed by atoms with E-state index in [1.54, 1.807) is 7.11 Å². The average molecular weight is 235 g/mol. The zero-order valence-corrected chi connectivity index (χ0v) is 10.1. The maximum Gasteiger partial charge on any atom is 0.310 e. The van der Waals surface area contributed by atoms with E-state index >= 15 is 0 Å². The Morgan fingerprint density at radius 1 is 1.41 bits per heavy atom. The monoisotopic (exact) mass is 235 g/mol. The lowest BCUT2D eigenvalue weighted by Crippen LogP contribution is -2.33. The summed E-state index contributed by atoms with van der Waals surface area (Å²) in [6.07, 6.45) is 1.51. The standard InChI is InChI=1S/C13H17NO3/c1-16-11-5-3-4-9-8(11)6-7-10(12(9)14)13(15)17-2/h3-5,10,12H,6-7,14H2,1-2H3. The van der Waals surface area contributed by atoms with E-state index < -0.39 is 0 Å². The Morgan fingerprint density at radius 3 is 2.82 bits per heavy atom. The van der Waals surface area contributed by atoms with E-state index in [0.29, 0.717) is 6.42 Å². The molecule has 0 aliphatic heterocycles. The highest BCUT2D eigenvalue weighted by Crippen LogP contribution is 2.37. The van der Waals surface area contributed by atoms with E-state index in [2.05, 4.69) is 0 Å². The SMILES string of the molecule is COC(=O)C1CCc2c(OC)cccc2C1N. The van der Waals surface area contributed by atoms with Crippen molar-refractivity contribution in [3.63, 3.8) is 0 Å². The van der Waals surface area contributed by atoms with Gasteiger partial charge in [0, 0.05) is 6.04 Å². The first kappa shape index (κ1) is 11.9. The minimum absolute atomic E-state index is 0.231. The molecular formula is C13H17NO3. The number of carbonyl (C=O) groups excluding carboxylic acids is 1. The molecule has 1 aromatic carbocycles. The summed E-state index contributed by atoms with van der Waals surface area (Å²) in [7, 11) is 3.05. The first-order chi connectivity index (χ1) is 8.19. The summed E-state index contributed by atoms with van der Waals surface area (Å²) in [5.41, 5.74) is 8.24. The summed E-state index contributed by atoms with van der Waals surface area (Å²) in [5.74, 6) is 0.367. The molecular weight excluding hydrogens is 218 g/mol. The number of esters is 1. The third kappa shape index (κ3) is 2.00. The van der Waals surface area contributed by atoms with E-state index in [0.717, 1.165) is 23.3 Å². The molecule has 0 amide bonds. The Labute approximate surface area is 101 Å². The van der Waals surface area contributed by atoms with Gasteiger partial charge in [0.05, 0.1) is 20.1 Å². The van der Waals surface area contributed by atoms with Crippen LogP contribution in [0.2, 0.25) is 0 Å². The van der Waals surface area contributed by atoms with E-state index in [4.69, 9.17) is 15.2 Å². The minimum atomic E-state index is -0.304. The molecule has 0 saturated heterocycles. The Hall–Kier alpha value is -1.55. The molecule has 2 atom stereocenters. The van der Waals surface area contributed by atoms with E-state index in [-0.39, 0.29) is 17.9 Å². The van der Waals surface area contributed by atoms with Crippen molar-refractivity contribution in [2.75, 3.05) is 14.2 Å². The Kier molecular flexibility index (Phi) is 3.33.